The van der Waals surface area contributed by atoms with Gasteiger partial charge in [0.1, 0.15) is 0 Å². The van der Waals surface area contributed by atoms with Gasteiger partial charge in [-0.25, -0.2) is 0 Å². The van der Waals surface area contributed by atoms with Crippen molar-refractivity contribution in [1.29, 1.82) is 0 Å². The lowest BCUT2D eigenvalue weighted by Crippen LogP contribution is -2.38. The summed E-state index contributed by atoms with van der Waals surface area (Å²) in [4.78, 5) is 2.22. The van der Waals surface area contributed by atoms with E-state index in [1.165, 1.54) is 5.56 Å². The molecule has 0 N–H and O–H groups in total. The molecule has 33 heavy (non-hydrogen) atoms. The van der Waals surface area contributed by atoms with Crippen molar-refractivity contribution in [3.05, 3.63) is 71.1 Å². The molecule has 0 amide bonds. The third kappa shape index (κ3) is 5.05. The van der Waals surface area contributed by atoms with Crippen LogP contribution in [0.15, 0.2) is 64.2 Å². The molecule has 3 heterocycles. The van der Waals surface area contributed by atoms with Crippen LogP contribution >= 0.6 is 23.4 Å². The molecule has 1 saturated heterocycles. The van der Waals surface area contributed by atoms with E-state index in [1.807, 2.05) is 49.4 Å². The second kappa shape index (κ2) is 9.94. The van der Waals surface area contributed by atoms with Crippen molar-refractivity contribution in [2.45, 2.75) is 23.9 Å². The van der Waals surface area contributed by atoms with Gasteiger partial charge in [-0.2, -0.15) is 0 Å². The van der Waals surface area contributed by atoms with E-state index in [-0.39, 0.29) is 5.25 Å². The summed E-state index contributed by atoms with van der Waals surface area (Å²) in [6.45, 7) is 5.65. The van der Waals surface area contributed by atoms with E-state index in [9.17, 15) is 0 Å². The molecule has 1 aliphatic rings. The maximum Gasteiger partial charge on any atom is 0.247 e. The molecular weight excluding hydrogens is 460 g/mol. The SMILES string of the molecule is C[C@@H](Sc1nnc(N2CCOCC2)n1Cc1ccccc1)c1nnc(-c2cccc(Cl)c2)o1. The first-order chi connectivity index (χ1) is 16.2. The molecule has 5 rings (SSSR count). The Labute approximate surface area is 200 Å². The largest absolute Gasteiger partial charge is 0.419 e. The van der Waals surface area contributed by atoms with Crippen LogP contribution < -0.4 is 4.90 Å². The van der Waals surface area contributed by atoms with Crippen LogP contribution in [0.2, 0.25) is 5.02 Å². The third-order valence-electron chi connectivity index (χ3n) is 5.32. The molecule has 4 aromatic rings. The molecule has 1 aliphatic heterocycles. The fraction of sp³-hybridized carbons (Fsp3) is 0.304. The zero-order valence-electron chi connectivity index (χ0n) is 18.1. The number of nitrogens with zero attached hydrogens (tertiary/aromatic N) is 6. The van der Waals surface area contributed by atoms with Crippen molar-refractivity contribution in [1.82, 2.24) is 25.0 Å². The molecular formula is C23H23ClN6O2S. The van der Waals surface area contributed by atoms with E-state index in [4.69, 9.17) is 20.8 Å². The Morgan fingerprint density at radius 1 is 1.00 bits per heavy atom. The predicted octanol–water partition coefficient (Wildman–Crippen LogP) is 4.72. The van der Waals surface area contributed by atoms with Crippen molar-refractivity contribution in [2.75, 3.05) is 31.2 Å². The standard InChI is InChI=1S/C23H23ClN6O2S/c1-16(20-25-26-21(32-20)18-8-5-9-19(24)14-18)33-23-28-27-22(29-10-12-31-13-11-29)30(23)15-17-6-3-2-4-7-17/h2-9,14,16H,10-13,15H2,1H3/t16-/m1/s1. The van der Waals surface area contributed by atoms with Crippen molar-refractivity contribution in [3.8, 4) is 11.5 Å². The van der Waals surface area contributed by atoms with E-state index in [0.717, 1.165) is 29.8 Å². The highest BCUT2D eigenvalue weighted by atomic mass is 35.5. The molecule has 2 aromatic carbocycles. The van der Waals surface area contributed by atoms with Crippen molar-refractivity contribution < 1.29 is 9.15 Å². The van der Waals surface area contributed by atoms with Gasteiger partial charge in [-0.15, -0.1) is 20.4 Å². The summed E-state index contributed by atoms with van der Waals surface area (Å²) in [5.74, 6) is 1.82. The van der Waals surface area contributed by atoms with Gasteiger partial charge in [-0.05, 0) is 30.7 Å². The second-order valence-corrected chi connectivity index (χ2v) is 9.41. The summed E-state index contributed by atoms with van der Waals surface area (Å²) in [5, 5.41) is 18.8. The molecule has 0 radical (unpaired) electrons. The number of hydrogen-bond donors (Lipinski definition) is 0. The summed E-state index contributed by atoms with van der Waals surface area (Å²) >= 11 is 7.65. The Balaban J connectivity index is 1.40. The topological polar surface area (TPSA) is 82.1 Å². The average molecular weight is 483 g/mol. The Bertz CT molecular complexity index is 1210. The van der Waals surface area contributed by atoms with Gasteiger partial charge in [0.2, 0.25) is 17.7 Å². The minimum atomic E-state index is -0.110. The monoisotopic (exact) mass is 482 g/mol. The van der Waals surface area contributed by atoms with Crippen molar-refractivity contribution in [3.63, 3.8) is 0 Å². The number of anilines is 1. The first-order valence-electron chi connectivity index (χ1n) is 10.7. The van der Waals surface area contributed by atoms with Crippen LogP contribution in [0.4, 0.5) is 5.95 Å². The maximum absolute atomic E-state index is 6.10. The molecule has 1 fully saturated rings. The second-order valence-electron chi connectivity index (χ2n) is 7.67. The third-order valence-corrected chi connectivity index (χ3v) is 6.62. The van der Waals surface area contributed by atoms with Crippen molar-refractivity contribution >= 4 is 29.3 Å². The van der Waals surface area contributed by atoms with Gasteiger partial charge in [-0.3, -0.25) is 4.57 Å². The highest BCUT2D eigenvalue weighted by Crippen LogP contribution is 2.36. The predicted molar refractivity (Wildman–Crippen MR) is 128 cm³/mol. The minimum absolute atomic E-state index is 0.110. The van der Waals surface area contributed by atoms with Gasteiger partial charge in [-0.1, -0.05) is 59.8 Å². The van der Waals surface area contributed by atoms with Crippen LogP contribution in [0.3, 0.4) is 0 Å². The van der Waals surface area contributed by atoms with Gasteiger partial charge in [0.25, 0.3) is 0 Å². The molecule has 10 heteroatoms. The van der Waals surface area contributed by atoms with Crippen LogP contribution in [0.1, 0.15) is 23.6 Å². The number of rotatable bonds is 7. The lowest BCUT2D eigenvalue weighted by molar-refractivity contribution is 0.121. The average Bonchev–Trinajstić information content (AvgIpc) is 3.49. The van der Waals surface area contributed by atoms with E-state index in [2.05, 4.69) is 42.0 Å². The Morgan fingerprint density at radius 3 is 2.61 bits per heavy atom. The van der Waals surface area contributed by atoms with Crippen LogP contribution in [0, 0.1) is 0 Å². The number of benzene rings is 2. The molecule has 8 nitrogen and oxygen atoms in total. The van der Waals surface area contributed by atoms with E-state index in [0.29, 0.717) is 36.6 Å². The van der Waals surface area contributed by atoms with E-state index < -0.39 is 0 Å². The zero-order valence-corrected chi connectivity index (χ0v) is 19.7. The smallest absolute Gasteiger partial charge is 0.247 e. The summed E-state index contributed by atoms with van der Waals surface area (Å²) in [6.07, 6.45) is 0. The van der Waals surface area contributed by atoms with Crippen LogP contribution in [0.25, 0.3) is 11.5 Å². The fourth-order valence-corrected chi connectivity index (χ4v) is 4.68. The maximum atomic E-state index is 6.10. The Hall–Kier alpha value is -2.88. The van der Waals surface area contributed by atoms with Gasteiger partial charge >= 0.3 is 0 Å². The molecule has 1 atom stereocenters. The minimum Gasteiger partial charge on any atom is -0.419 e. The molecule has 0 saturated carbocycles. The van der Waals surface area contributed by atoms with E-state index >= 15 is 0 Å². The van der Waals surface area contributed by atoms with Crippen LogP contribution in [-0.4, -0.2) is 51.3 Å². The van der Waals surface area contributed by atoms with E-state index in [1.54, 1.807) is 11.8 Å². The summed E-state index contributed by atoms with van der Waals surface area (Å²) < 4.78 is 13.6. The summed E-state index contributed by atoms with van der Waals surface area (Å²) in [5.41, 5.74) is 1.97. The molecule has 2 aromatic heterocycles. The van der Waals surface area contributed by atoms with Gasteiger partial charge in [0.15, 0.2) is 5.16 Å². The number of morpholine rings is 1. The number of aromatic nitrogens is 5. The van der Waals surface area contributed by atoms with Crippen molar-refractivity contribution in [2.24, 2.45) is 0 Å². The molecule has 0 unspecified atom stereocenters. The number of thioether (sulfide) groups is 1. The van der Waals surface area contributed by atoms with Gasteiger partial charge < -0.3 is 14.1 Å². The zero-order chi connectivity index (χ0) is 22.6. The Morgan fingerprint density at radius 2 is 1.82 bits per heavy atom. The number of hydrogen-bond acceptors (Lipinski definition) is 8. The normalized spacial score (nSPS) is 15.0. The first-order valence-corrected chi connectivity index (χ1v) is 12.0. The van der Waals surface area contributed by atoms with Gasteiger partial charge in [0.05, 0.1) is 25.0 Å². The molecule has 0 spiro atoms. The Kier molecular flexibility index (Phi) is 6.61. The van der Waals surface area contributed by atoms with Crippen LogP contribution in [-0.2, 0) is 11.3 Å². The molecule has 170 valence electrons. The lowest BCUT2D eigenvalue weighted by atomic mass is 10.2. The molecule has 0 bridgehead atoms. The quantitative estimate of drug-likeness (QED) is 0.350. The number of ether oxygens (including phenoxy) is 1. The molecule has 0 aliphatic carbocycles. The number of halogens is 1. The van der Waals surface area contributed by atoms with Crippen LogP contribution in [0.5, 0.6) is 0 Å². The highest BCUT2D eigenvalue weighted by molar-refractivity contribution is 7.99. The first kappa shape index (κ1) is 21.9. The summed E-state index contributed by atoms with van der Waals surface area (Å²) in [7, 11) is 0. The fourth-order valence-electron chi connectivity index (χ4n) is 3.62. The highest BCUT2D eigenvalue weighted by Gasteiger charge is 2.24. The lowest BCUT2D eigenvalue weighted by Gasteiger charge is -2.28. The summed E-state index contributed by atoms with van der Waals surface area (Å²) in [6, 6.07) is 17.7. The van der Waals surface area contributed by atoms with Gasteiger partial charge in [0, 0.05) is 23.7 Å².